The highest BCUT2D eigenvalue weighted by Gasteiger charge is 2.65. The second-order valence-electron chi connectivity index (χ2n) is 34.0. The molecule has 11 rings (SSSR count). The van der Waals surface area contributed by atoms with Crippen molar-refractivity contribution < 1.29 is 313 Å². The molecule has 11 heterocycles. The fraction of sp³-hybridized carbons (Fsp3) is 0.958. The number of carbonyl (C=O) groups is 3. The summed E-state index contributed by atoms with van der Waals surface area (Å²) in [7, 11) is 0. The smallest absolute Gasteiger partial charge is 0.364 e. The third kappa shape index (κ3) is 23.6. The van der Waals surface area contributed by atoms with Crippen molar-refractivity contribution in [2.75, 3.05) is 59.5 Å². The predicted molar refractivity (Wildman–Crippen MR) is 401 cm³/mol. The van der Waals surface area contributed by atoms with Crippen LogP contribution < -0.4 is 5.73 Å². The number of carboxylic acid groups (broad SMARTS) is 3. The molecule has 0 radical (unpaired) electrons. The van der Waals surface area contributed by atoms with Gasteiger partial charge >= 0.3 is 17.9 Å². The first-order valence-corrected chi connectivity index (χ1v) is 42.2. The Morgan fingerprint density at radius 2 is 0.632 bits per heavy atom. The fourth-order valence-corrected chi connectivity index (χ4v) is 16.9. The maximum absolute atomic E-state index is 13.7. The van der Waals surface area contributed by atoms with Gasteiger partial charge < -0.3 is 304 Å². The lowest BCUT2D eigenvalue weighted by Crippen LogP contribution is -2.70. The van der Waals surface area contributed by atoms with Gasteiger partial charge in [-0.3, -0.25) is 0 Å². The molecule has 0 aliphatic carbocycles. The largest absolute Gasteiger partial charge is 0.479 e. The molecule has 59 unspecified atom stereocenters. The minimum atomic E-state index is -3.35. The van der Waals surface area contributed by atoms with E-state index in [9.17, 15) is 214 Å². The van der Waals surface area contributed by atoms with Gasteiger partial charge in [-0.05, 0) is 0 Å². The minimum absolute atomic E-state index is 0.913. The van der Waals surface area contributed by atoms with Gasteiger partial charge in [-0.25, -0.2) is 14.4 Å². The van der Waals surface area contributed by atoms with E-state index in [1.807, 2.05) is 0 Å². The Hall–Kier alpha value is -3.91. The SMILES string of the molecule is NC1C(OC2C(C(=O)O)OC(OC3C(O)C(OCC(O)C4OC(OC5C(O)C(OC6C(O)CC(O)(C(=O)O)OC6C(O)CO)OC(C(O)CO)C5OC5OC(CO)C(O)C(O)C5O)C(O)C(O)C4O)OC(C(O)COC4OC(C(=O)O)C(O)C(O)C4O)C3O)C(OC3OC(C(O)CO)C(O)C(O)C3O)C2O)OC(CO)C(OC2OC(COC3OC(CO)C(O)C(O)C3O)C(O)C(O)C2O)C1O. The second-order valence-corrected chi connectivity index (χ2v) is 34.0. The molecule has 0 spiro atoms. The average Bonchev–Trinajstić information content (AvgIpc) is 0.756. The molecule has 59 atom stereocenters. The Morgan fingerprint density at radius 3 is 1.13 bits per heavy atom. The molecule has 0 amide bonds. The van der Waals surface area contributed by atoms with Crippen molar-refractivity contribution in [1.82, 2.24) is 0 Å². The van der Waals surface area contributed by atoms with Crippen molar-refractivity contribution >= 4 is 17.9 Å². The van der Waals surface area contributed by atoms with Crippen molar-refractivity contribution in [3.05, 3.63) is 0 Å². The maximum Gasteiger partial charge on any atom is 0.364 e. The zero-order valence-electron chi connectivity index (χ0n) is 70.4. The van der Waals surface area contributed by atoms with Crippen LogP contribution in [0.4, 0.5) is 0 Å². The molecule has 64 heteroatoms. The topological polar surface area (TPSA) is 1060 Å². The fourth-order valence-electron chi connectivity index (χ4n) is 16.9. The summed E-state index contributed by atoms with van der Waals surface area (Å²) < 4.78 is 119. The molecule has 11 fully saturated rings. The van der Waals surface area contributed by atoms with E-state index < -0.39 is 445 Å². The van der Waals surface area contributed by atoms with Crippen LogP contribution in [-0.2, 0) is 114 Å². The highest BCUT2D eigenvalue weighted by Crippen LogP contribution is 2.43. The normalized spacial score (nSPS) is 50.6. The van der Waals surface area contributed by atoms with E-state index in [4.69, 9.17) is 105 Å². The van der Waals surface area contributed by atoms with Crippen LogP contribution in [0.2, 0.25) is 0 Å². The lowest BCUT2D eigenvalue weighted by Gasteiger charge is -2.51. The third-order valence-electron chi connectivity index (χ3n) is 24.8. The van der Waals surface area contributed by atoms with Crippen LogP contribution in [-0.4, -0.2) is 638 Å². The molecule has 0 aromatic rings. The standard InChI is InChI=1S/C72H119NO63/c73-21-25(89)51(128-66-38(102)28(92)24(88)20(122-66)10-118-62-35(99)26(90)22(86)17(5-77)119-62)19(7-79)121-61(21)130-53-42(106)56(133-68-40(104)29(93)32(96)45(124-68)12(81)2-74)70(135-58(53)60(111)112)129-52-41(105)47(16(85)9-116-63-36(100)31(95)34(98)55(132-63)59(109)110)123-64(43(52)107)117-8-15(84)46-33(97)30(94)39(103)67(125-46)131-54-44(108)69(126-48-11(80)1-72(115,71(113)114)136-50(48)14(83)4-76)127-49(13(82)3-75)57(54)134-65-37(101)27(91)23(87)18(6-78)120-65/h11-58,61-70,74-108,115H,1-10,73H2,(H,109,110)(H,111,112)(H,113,114). The first kappa shape index (κ1) is 112. The summed E-state index contributed by atoms with van der Waals surface area (Å²) in [6, 6.07) is -2.17. The summed E-state index contributed by atoms with van der Waals surface area (Å²) in [6.07, 6.45) is -138. The lowest BCUT2D eigenvalue weighted by molar-refractivity contribution is -0.405. The molecule has 0 bridgehead atoms. The molecular formula is C72H119NO63. The molecule has 790 valence electrons. The number of hydrogen-bond acceptors (Lipinski definition) is 61. The van der Waals surface area contributed by atoms with Gasteiger partial charge in [0.15, 0.2) is 75.1 Å². The molecule has 0 aromatic heterocycles. The van der Waals surface area contributed by atoms with Crippen molar-refractivity contribution in [3.8, 4) is 0 Å². The minimum Gasteiger partial charge on any atom is -0.479 e. The quantitative estimate of drug-likeness (QED) is 0.0275. The van der Waals surface area contributed by atoms with Crippen LogP contribution in [0.15, 0.2) is 0 Å². The Labute approximate surface area is 762 Å². The van der Waals surface area contributed by atoms with Crippen molar-refractivity contribution in [2.24, 2.45) is 5.73 Å². The third-order valence-corrected chi connectivity index (χ3v) is 24.8. The molecule has 41 N–H and O–H groups in total. The number of aliphatic carboxylic acids is 3. The average molecular weight is 2010 g/mol. The molecule has 64 nitrogen and oxygen atoms in total. The van der Waals surface area contributed by atoms with Gasteiger partial charge in [0.05, 0.1) is 71.6 Å². The number of rotatable bonds is 37. The molecule has 0 saturated carbocycles. The summed E-state index contributed by atoms with van der Waals surface area (Å²) in [5.74, 6) is -9.73. The maximum atomic E-state index is 13.7. The zero-order chi connectivity index (χ0) is 101. The summed E-state index contributed by atoms with van der Waals surface area (Å²) in [5, 5.41) is 429. The van der Waals surface area contributed by atoms with Crippen molar-refractivity contribution in [2.45, 2.75) is 368 Å². The first-order chi connectivity index (χ1) is 64.0. The van der Waals surface area contributed by atoms with Gasteiger partial charge in [0.1, 0.15) is 269 Å². The Bertz CT molecular complexity index is 3720. The highest BCUT2D eigenvalue weighted by molar-refractivity contribution is 5.75. The van der Waals surface area contributed by atoms with Crippen LogP contribution in [0.25, 0.3) is 0 Å². The molecule has 0 aromatic carbocycles. The Balaban J connectivity index is 0.887. The van der Waals surface area contributed by atoms with Gasteiger partial charge in [0.25, 0.3) is 5.79 Å². The number of ether oxygens (including phenoxy) is 21. The number of nitrogens with two attached hydrogens (primary N) is 1. The van der Waals surface area contributed by atoms with Gasteiger partial charge in [-0.15, -0.1) is 0 Å². The lowest BCUT2D eigenvalue weighted by atomic mass is 9.91. The van der Waals surface area contributed by atoms with Crippen LogP contribution in [0, 0.1) is 0 Å². The number of hydrogen-bond donors (Lipinski definition) is 40. The predicted octanol–water partition coefficient (Wildman–Crippen LogP) is -27.5. The van der Waals surface area contributed by atoms with E-state index in [0.29, 0.717) is 0 Å². The Kier molecular flexibility index (Phi) is 39.3. The molecule has 11 aliphatic rings. The number of aliphatic hydroxyl groups is 36. The molecular weight excluding hydrogens is 1890 g/mol. The van der Waals surface area contributed by atoms with Gasteiger partial charge in [-0.1, -0.05) is 0 Å². The van der Waals surface area contributed by atoms with E-state index in [0.717, 1.165) is 0 Å². The summed E-state index contributed by atoms with van der Waals surface area (Å²) in [5.41, 5.74) is 6.43. The monoisotopic (exact) mass is 2010 g/mol. The molecule has 136 heavy (non-hydrogen) atoms. The van der Waals surface area contributed by atoms with Crippen LogP contribution in [0.1, 0.15) is 6.42 Å². The van der Waals surface area contributed by atoms with Crippen LogP contribution in [0.5, 0.6) is 0 Å². The van der Waals surface area contributed by atoms with E-state index in [2.05, 4.69) is 0 Å². The van der Waals surface area contributed by atoms with E-state index >= 15 is 0 Å². The van der Waals surface area contributed by atoms with Gasteiger partial charge in [0.2, 0.25) is 0 Å². The van der Waals surface area contributed by atoms with E-state index in [-0.39, 0.29) is 0 Å². The van der Waals surface area contributed by atoms with Gasteiger partial charge in [0, 0.05) is 6.42 Å². The van der Waals surface area contributed by atoms with Crippen LogP contribution in [0.3, 0.4) is 0 Å². The number of aliphatic hydroxyl groups excluding tert-OH is 35. The summed E-state index contributed by atoms with van der Waals surface area (Å²) >= 11 is 0. The van der Waals surface area contributed by atoms with E-state index in [1.54, 1.807) is 0 Å². The Morgan fingerprint density at radius 1 is 0.287 bits per heavy atom. The summed E-state index contributed by atoms with van der Waals surface area (Å²) in [6.45, 7) is -11.3. The first-order valence-electron chi connectivity index (χ1n) is 42.2. The second kappa shape index (κ2) is 47.5. The van der Waals surface area contributed by atoms with Crippen molar-refractivity contribution in [1.29, 1.82) is 0 Å². The number of carboxylic acids is 3. The molecule has 11 aliphatic heterocycles. The summed E-state index contributed by atoms with van der Waals surface area (Å²) in [4.78, 5) is 37.9. The van der Waals surface area contributed by atoms with Gasteiger partial charge in [-0.2, -0.15) is 0 Å². The van der Waals surface area contributed by atoms with Crippen LogP contribution >= 0.6 is 0 Å². The molecule has 11 saturated heterocycles. The zero-order valence-corrected chi connectivity index (χ0v) is 70.4. The van der Waals surface area contributed by atoms with E-state index in [1.165, 1.54) is 0 Å². The van der Waals surface area contributed by atoms with Crippen molar-refractivity contribution in [3.63, 3.8) is 0 Å². The highest BCUT2D eigenvalue weighted by atomic mass is 16.8.